The number of thiophene rings is 1. The number of unbranched alkanes of at least 4 members (excludes halogenated alkanes) is 1. The Balaban J connectivity index is 1.87. The van der Waals surface area contributed by atoms with Crippen molar-refractivity contribution < 1.29 is 14.4 Å². The summed E-state index contributed by atoms with van der Waals surface area (Å²) < 4.78 is 0. The highest BCUT2D eigenvalue weighted by atomic mass is 32.1. The highest BCUT2D eigenvalue weighted by Crippen LogP contribution is 2.27. The number of carbonyl (C=O) groups excluding carboxylic acids is 3. The molecular formula is C30H40N4O3S. The maximum Gasteiger partial charge on any atom is 0.332 e. The van der Waals surface area contributed by atoms with Gasteiger partial charge in [0.1, 0.15) is 5.78 Å². The van der Waals surface area contributed by atoms with E-state index < -0.39 is 0 Å². The van der Waals surface area contributed by atoms with Gasteiger partial charge in [-0.1, -0.05) is 62.1 Å². The van der Waals surface area contributed by atoms with Crippen LogP contribution in [0.25, 0.3) is 0 Å². The maximum atomic E-state index is 13.7. The fourth-order valence-corrected chi connectivity index (χ4v) is 5.68. The molecule has 1 aliphatic heterocycles. The summed E-state index contributed by atoms with van der Waals surface area (Å²) >= 11 is 1.69. The van der Waals surface area contributed by atoms with Crippen LogP contribution < -0.4 is 5.32 Å². The number of carbonyl (C=O) groups is 3. The summed E-state index contributed by atoms with van der Waals surface area (Å²) in [4.78, 5) is 42.7. The molecule has 1 aliphatic rings. The largest absolute Gasteiger partial charge is 0.340 e. The van der Waals surface area contributed by atoms with Gasteiger partial charge in [-0.2, -0.15) is 5.01 Å². The molecule has 0 bridgehead atoms. The van der Waals surface area contributed by atoms with Gasteiger partial charge in [0.05, 0.1) is 19.1 Å². The van der Waals surface area contributed by atoms with E-state index >= 15 is 0 Å². The Morgan fingerprint density at radius 1 is 1.18 bits per heavy atom. The summed E-state index contributed by atoms with van der Waals surface area (Å²) in [6, 6.07) is 13.2. The summed E-state index contributed by atoms with van der Waals surface area (Å²) in [5, 5.41) is 8.34. The number of nitrogens with one attached hydrogen (secondary N) is 1. The van der Waals surface area contributed by atoms with Crippen molar-refractivity contribution in [3.05, 3.63) is 58.3 Å². The van der Waals surface area contributed by atoms with Crippen molar-refractivity contribution in [3.8, 4) is 12.3 Å². The Kier molecular flexibility index (Phi) is 11.8. The molecule has 1 saturated heterocycles. The van der Waals surface area contributed by atoms with E-state index in [0.29, 0.717) is 32.5 Å². The molecule has 0 saturated carbocycles. The zero-order valence-corrected chi connectivity index (χ0v) is 23.4. The van der Waals surface area contributed by atoms with Crippen LogP contribution in [0, 0.1) is 18.3 Å². The van der Waals surface area contributed by atoms with Gasteiger partial charge in [0.2, 0.25) is 5.91 Å². The fraction of sp³-hybridized carbons (Fsp3) is 0.500. The van der Waals surface area contributed by atoms with Gasteiger partial charge in [-0.15, -0.1) is 17.8 Å². The number of amides is 3. The summed E-state index contributed by atoms with van der Waals surface area (Å²) in [5.41, 5.74) is 0.976. The molecule has 3 rings (SSSR count). The van der Waals surface area contributed by atoms with Crippen LogP contribution in [-0.4, -0.2) is 64.9 Å². The second-order valence-corrected chi connectivity index (χ2v) is 10.9. The number of rotatable bonds is 13. The third-order valence-corrected chi connectivity index (χ3v) is 7.82. The van der Waals surface area contributed by atoms with Crippen LogP contribution in [0.3, 0.4) is 0 Å². The van der Waals surface area contributed by atoms with Crippen molar-refractivity contribution in [1.82, 2.24) is 20.2 Å². The van der Waals surface area contributed by atoms with Crippen molar-refractivity contribution in [1.29, 1.82) is 0 Å². The molecule has 2 atom stereocenters. The van der Waals surface area contributed by atoms with Gasteiger partial charge in [-0.25, -0.2) is 4.79 Å². The number of hydrogen-bond donors (Lipinski definition) is 1. The zero-order chi connectivity index (χ0) is 27.3. The Morgan fingerprint density at radius 2 is 1.97 bits per heavy atom. The predicted molar refractivity (Wildman–Crippen MR) is 152 cm³/mol. The number of urea groups is 1. The SMILES string of the molecule is C#CCN(CC(C)=O)N(C(=O)NCc1ccccc1)[C@@H]1CC[C@@H](CCCC)C(=O)N(CCc2cccs2)C1. The summed E-state index contributed by atoms with van der Waals surface area (Å²) in [6.45, 7) is 5.14. The number of nitrogens with zero attached hydrogens (tertiary/aromatic N) is 3. The first-order valence-corrected chi connectivity index (χ1v) is 14.4. The number of terminal acetylenes is 1. The molecule has 1 aromatic carbocycles. The first kappa shape index (κ1) is 29.4. The highest BCUT2D eigenvalue weighted by Gasteiger charge is 2.37. The van der Waals surface area contributed by atoms with E-state index in [1.54, 1.807) is 21.4 Å². The van der Waals surface area contributed by atoms with E-state index in [0.717, 1.165) is 31.2 Å². The van der Waals surface area contributed by atoms with E-state index in [9.17, 15) is 14.4 Å². The smallest absolute Gasteiger partial charge is 0.332 e. The average molecular weight is 537 g/mol. The average Bonchev–Trinajstić information content (AvgIpc) is 3.38. The Hall–Kier alpha value is -3.15. The number of hydrazine groups is 1. The second kappa shape index (κ2) is 15.3. The van der Waals surface area contributed by atoms with Gasteiger partial charge in [-0.05, 0) is 49.6 Å². The minimum absolute atomic E-state index is 0.0296. The van der Waals surface area contributed by atoms with Gasteiger partial charge in [-0.3, -0.25) is 14.6 Å². The molecule has 0 spiro atoms. The summed E-state index contributed by atoms with van der Waals surface area (Å²) in [6.07, 6.45) is 10.7. The van der Waals surface area contributed by atoms with Crippen molar-refractivity contribution in [2.24, 2.45) is 5.92 Å². The molecule has 1 fully saturated rings. The molecule has 1 N–H and O–H groups in total. The molecule has 2 heterocycles. The molecule has 0 unspecified atom stereocenters. The van der Waals surface area contributed by atoms with Crippen LogP contribution in [0.1, 0.15) is 56.4 Å². The fourth-order valence-electron chi connectivity index (χ4n) is 4.98. The normalized spacial score (nSPS) is 17.6. The lowest BCUT2D eigenvalue weighted by Crippen LogP contribution is -2.59. The summed E-state index contributed by atoms with van der Waals surface area (Å²) in [5.74, 6) is 2.63. The standard InChI is InChI=1S/C30H40N4O3S/c1-4-6-13-26-15-16-27(23-32(29(26)36)19-17-28-14-10-20-38-28)34(33(18-5-2)22-24(3)35)30(37)31-21-25-11-8-7-9-12-25/h2,7-12,14,20,26-27H,4,6,13,15-19,21-23H2,1,3H3,(H,31,37)/t26-,27-/m1/s1. The van der Waals surface area contributed by atoms with E-state index in [1.165, 1.54) is 11.8 Å². The molecule has 204 valence electrons. The third kappa shape index (κ3) is 8.71. The van der Waals surface area contributed by atoms with Gasteiger partial charge < -0.3 is 10.2 Å². The molecule has 2 aromatic rings. The van der Waals surface area contributed by atoms with E-state index in [-0.39, 0.29) is 42.8 Å². The van der Waals surface area contributed by atoms with E-state index in [4.69, 9.17) is 6.42 Å². The van der Waals surface area contributed by atoms with Crippen molar-refractivity contribution >= 4 is 29.1 Å². The zero-order valence-electron chi connectivity index (χ0n) is 22.6. The third-order valence-electron chi connectivity index (χ3n) is 6.88. The van der Waals surface area contributed by atoms with Gasteiger partial charge in [0, 0.05) is 30.4 Å². The minimum Gasteiger partial charge on any atom is -0.340 e. The lowest BCUT2D eigenvalue weighted by molar-refractivity contribution is -0.136. The van der Waals surface area contributed by atoms with Crippen LogP contribution in [0.2, 0.25) is 0 Å². The number of ketones is 1. The molecule has 0 radical (unpaired) electrons. The molecule has 38 heavy (non-hydrogen) atoms. The van der Waals surface area contributed by atoms with E-state index in [1.807, 2.05) is 46.7 Å². The lowest BCUT2D eigenvalue weighted by Gasteiger charge is -2.40. The second-order valence-electron chi connectivity index (χ2n) is 9.90. The summed E-state index contributed by atoms with van der Waals surface area (Å²) in [7, 11) is 0. The monoisotopic (exact) mass is 536 g/mol. The lowest BCUT2D eigenvalue weighted by atomic mass is 9.95. The van der Waals surface area contributed by atoms with Crippen LogP contribution in [-0.2, 0) is 22.6 Å². The van der Waals surface area contributed by atoms with Gasteiger partial charge >= 0.3 is 6.03 Å². The van der Waals surface area contributed by atoms with Crippen molar-refractivity contribution in [2.75, 3.05) is 26.2 Å². The minimum atomic E-state index is -0.312. The predicted octanol–water partition coefficient (Wildman–Crippen LogP) is 4.74. The van der Waals surface area contributed by atoms with Crippen LogP contribution in [0.4, 0.5) is 4.79 Å². The van der Waals surface area contributed by atoms with Gasteiger partial charge in [0.25, 0.3) is 0 Å². The molecule has 3 amide bonds. The van der Waals surface area contributed by atoms with Crippen LogP contribution in [0.5, 0.6) is 0 Å². The van der Waals surface area contributed by atoms with E-state index in [2.05, 4.69) is 24.2 Å². The Labute approximate surface area is 231 Å². The number of benzene rings is 1. The first-order chi connectivity index (χ1) is 18.4. The van der Waals surface area contributed by atoms with Crippen molar-refractivity contribution in [3.63, 3.8) is 0 Å². The number of likely N-dealkylation sites (tertiary alicyclic amines) is 1. The molecule has 0 aliphatic carbocycles. The Bertz CT molecular complexity index is 1070. The topological polar surface area (TPSA) is 73.0 Å². The maximum absolute atomic E-state index is 13.7. The van der Waals surface area contributed by atoms with Crippen LogP contribution in [0.15, 0.2) is 47.8 Å². The number of hydrogen-bond acceptors (Lipinski definition) is 5. The molecule has 1 aromatic heterocycles. The van der Waals surface area contributed by atoms with Gasteiger partial charge in [0.15, 0.2) is 0 Å². The molecule has 7 nitrogen and oxygen atoms in total. The quantitative estimate of drug-likeness (QED) is 0.297. The Morgan fingerprint density at radius 3 is 2.63 bits per heavy atom. The number of Topliss-reactive ketones (excluding diaryl/α,β-unsaturated/α-hetero) is 1. The van der Waals surface area contributed by atoms with Crippen molar-refractivity contribution in [2.45, 2.75) is 65.0 Å². The molecular weight excluding hydrogens is 496 g/mol. The molecule has 8 heteroatoms. The highest BCUT2D eigenvalue weighted by molar-refractivity contribution is 7.09. The van der Waals surface area contributed by atoms with Crippen LogP contribution >= 0.6 is 11.3 Å². The first-order valence-electron chi connectivity index (χ1n) is 13.5.